The summed E-state index contributed by atoms with van der Waals surface area (Å²) in [5, 5.41) is 2.91. The first-order valence-electron chi connectivity index (χ1n) is 9.48. The van der Waals surface area contributed by atoms with Crippen LogP contribution in [0.5, 0.6) is 0 Å². The first-order valence-corrected chi connectivity index (χ1v) is 9.48. The third-order valence-corrected chi connectivity index (χ3v) is 4.34. The average Bonchev–Trinajstić information content (AvgIpc) is 2.68. The van der Waals surface area contributed by atoms with E-state index in [4.69, 9.17) is 4.74 Å². The monoisotopic (exact) mass is 362 g/mol. The molecule has 2 rings (SSSR count). The van der Waals surface area contributed by atoms with Crippen molar-refractivity contribution in [3.05, 3.63) is 29.6 Å². The minimum atomic E-state index is -0.196. The Balaban J connectivity index is 1.91. The number of ether oxygens (including phenoxy) is 1. The standard InChI is InChI=1S/C19H30N4O3/c1-3-6-23(7-4-2)19(25)17-13-16(14-20-15-17)18(24)21-5-8-22-9-11-26-12-10-22/h13-15H,3-12H2,1-2H3,(H,21,24). The molecule has 1 N–H and O–H groups in total. The summed E-state index contributed by atoms with van der Waals surface area (Å²) in [6.07, 6.45) is 4.85. The maximum Gasteiger partial charge on any atom is 0.255 e. The van der Waals surface area contributed by atoms with Gasteiger partial charge in [-0.2, -0.15) is 0 Å². The lowest BCUT2D eigenvalue weighted by molar-refractivity contribution is 0.0383. The van der Waals surface area contributed by atoms with Gasteiger partial charge in [0.2, 0.25) is 0 Å². The molecule has 7 nitrogen and oxygen atoms in total. The van der Waals surface area contributed by atoms with Crippen LogP contribution in [0.15, 0.2) is 18.5 Å². The molecule has 0 aromatic carbocycles. The van der Waals surface area contributed by atoms with Crippen molar-refractivity contribution in [1.29, 1.82) is 0 Å². The molecular formula is C19H30N4O3. The van der Waals surface area contributed by atoms with Gasteiger partial charge in [0, 0.05) is 51.7 Å². The van der Waals surface area contributed by atoms with Gasteiger partial charge in [-0.25, -0.2) is 0 Å². The fourth-order valence-electron chi connectivity index (χ4n) is 2.97. The highest BCUT2D eigenvalue weighted by Crippen LogP contribution is 2.08. The molecule has 0 atom stereocenters. The highest BCUT2D eigenvalue weighted by Gasteiger charge is 2.17. The Morgan fingerprint density at radius 3 is 2.46 bits per heavy atom. The quantitative estimate of drug-likeness (QED) is 0.719. The molecule has 1 aliphatic rings. The summed E-state index contributed by atoms with van der Waals surface area (Å²) in [6.45, 7) is 10.2. The van der Waals surface area contributed by atoms with E-state index in [0.717, 1.165) is 45.7 Å². The number of pyridine rings is 1. The summed E-state index contributed by atoms with van der Waals surface area (Å²) in [7, 11) is 0. The summed E-state index contributed by atoms with van der Waals surface area (Å²) >= 11 is 0. The number of aromatic nitrogens is 1. The van der Waals surface area contributed by atoms with Gasteiger partial charge in [-0.1, -0.05) is 13.8 Å². The fourth-order valence-corrected chi connectivity index (χ4v) is 2.97. The third kappa shape index (κ3) is 6.07. The zero-order valence-corrected chi connectivity index (χ0v) is 15.9. The maximum atomic E-state index is 12.7. The summed E-state index contributed by atoms with van der Waals surface area (Å²) in [5.74, 6) is -0.262. The number of amides is 2. The Hall–Kier alpha value is -1.99. The van der Waals surface area contributed by atoms with Crippen LogP contribution in [0.2, 0.25) is 0 Å². The van der Waals surface area contributed by atoms with Crippen molar-refractivity contribution >= 4 is 11.8 Å². The predicted octanol–water partition coefficient (Wildman–Crippen LogP) is 1.41. The molecule has 1 aromatic rings. The predicted molar refractivity (Wildman–Crippen MR) is 100 cm³/mol. The van der Waals surface area contributed by atoms with E-state index in [1.165, 1.54) is 12.4 Å². The molecule has 0 unspecified atom stereocenters. The largest absolute Gasteiger partial charge is 0.379 e. The minimum Gasteiger partial charge on any atom is -0.379 e. The second-order valence-electron chi connectivity index (χ2n) is 6.46. The van der Waals surface area contributed by atoms with Crippen molar-refractivity contribution < 1.29 is 14.3 Å². The summed E-state index contributed by atoms with van der Waals surface area (Å²) < 4.78 is 5.31. The van der Waals surface area contributed by atoms with Crippen molar-refractivity contribution in [3.8, 4) is 0 Å². The number of morpholine rings is 1. The van der Waals surface area contributed by atoms with Crippen LogP contribution in [0.4, 0.5) is 0 Å². The fraction of sp³-hybridized carbons (Fsp3) is 0.632. The first kappa shape index (κ1) is 20.3. The maximum absolute atomic E-state index is 12.7. The van der Waals surface area contributed by atoms with Crippen molar-refractivity contribution in [1.82, 2.24) is 20.1 Å². The van der Waals surface area contributed by atoms with Gasteiger partial charge >= 0.3 is 0 Å². The van der Waals surface area contributed by atoms with Crippen LogP contribution in [0.25, 0.3) is 0 Å². The zero-order chi connectivity index (χ0) is 18.8. The molecule has 144 valence electrons. The number of rotatable bonds is 9. The molecule has 0 spiro atoms. The SMILES string of the molecule is CCCN(CCC)C(=O)c1cncc(C(=O)NCCN2CCOCC2)c1. The van der Waals surface area contributed by atoms with E-state index < -0.39 is 0 Å². The van der Waals surface area contributed by atoms with Crippen molar-refractivity contribution in [2.45, 2.75) is 26.7 Å². The zero-order valence-electron chi connectivity index (χ0n) is 15.9. The number of hydrogen-bond donors (Lipinski definition) is 1. The molecule has 2 amide bonds. The number of hydrogen-bond acceptors (Lipinski definition) is 5. The Labute approximate surface area is 155 Å². The average molecular weight is 362 g/mol. The minimum absolute atomic E-state index is 0.0656. The lowest BCUT2D eigenvalue weighted by atomic mass is 10.1. The molecule has 1 aliphatic heterocycles. The molecule has 0 aliphatic carbocycles. The van der Waals surface area contributed by atoms with Gasteiger partial charge < -0.3 is 15.0 Å². The molecule has 7 heteroatoms. The Morgan fingerprint density at radius 2 is 1.81 bits per heavy atom. The summed E-state index contributed by atoms with van der Waals surface area (Å²) in [4.78, 5) is 33.2. The van der Waals surface area contributed by atoms with Crippen molar-refractivity contribution in [2.24, 2.45) is 0 Å². The van der Waals surface area contributed by atoms with Crippen LogP contribution in [-0.4, -0.2) is 79.1 Å². The van der Waals surface area contributed by atoms with Gasteiger partial charge in [0.05, 0.1) is 24.3 Å². The van der Waals surface area contributed by atoms with Gasteiger partial charge in [-0.05, 0) is 18.9 Å². The summed E-state index contributed by atoms with van der Waals surface area (Å²) in [5.41, 5.74) is 0.888. The molecule has 2 heterocycles. The molecule has 0 bridgehead atoms. The van der Waals surface area contributed by atoms with Crippen molar-refractivity contribution in [2.75, 3.05) is 52.5 Å². The molecule has 1 aromatic heterocycles. The van der Waals surface area contributed by atoms with Crippen LogP contribution in [0, 0.1) is 0 Å². The van der Waals surface area contributed by atoms with E-state index in [-0.39, 0.29) is 11.8 Å². The van der Waals surface area contributed by atoms with E-state index in [2.05, 4.69) is 15.2 Å². The van der Waals surface area contributed by atoms with Gasteiger partial charge in [0.25, 0.3) is 11.8 Å². The smallest absolute Gasteiger partial charge is 0.255 e. The number of nitrogens with one attached hydrogen (secondary N) is 1. The lowest BCUT2D eigenvalue weighted by Gasteiger charge is -2.26. The Bertz CT molecular complexity index is 582. The highest BCUT2D eigenvalue weighted by molar-refractivity contribution is 5.99. The van der Waals surface area contributed by atoms with Gasteiger partial charge in [-0.15, -0.1) is 0 Å². The van der Waals surface area contributed by atoms with Crippen LogP contribution >= 0.6 is 0 Å². The Morgan fingerprint density at radius 1 is 1.15 bits per heavy atom. The highest BCUT2D eigenvalue weighted by atomic mass is 16.5. The van der Waals surface area contributed by atoms with Crippen LogP contribution in [0.1, 0.15) is 47.4 Å². The topological polar surface area (TPSA) is 74.8 Å². The van der Waals surface area contributed by atoms with Crippen molar-refractivity contribution in [3.63, 3.8) is 0 Å². The second kappa shape index (κ2) is 10.9. The summed E-state index contributed by atoms with van der Waals surface area (Å²) in [6, 6.07) is 1.64. The normalized spacial score (nSPS) is 14.8. The molecule has 1 fully saturated rings. The number of carbonyl (C=O) groups is 2. The first-order chi connectivity index (χ1) is 12.7. The van der Waals surface area contributed by atoms with E-state index >= 15 is 0 Å². The molecular weight excluding hydrogens is 332 g/mol. The molecule has 0 radical (unpaired) electrons. The van der Waals surface area contributed by atoms with Gasteiger partial charge in [0.1, 0.15) is 0 Å². The number of nitrogens with zero attached hydrogens (tertiary/aromatic N) is 3. The van der Waals surface area contributed by atoms with Gasteiger partial charge in [-0.3, -0.25) is 19.5 Å². The van der Waals surface area contributed by atoms with E-state index in [1.54, 1.807) is 6.07 Å². The Kier molecular flexibility index (Phi) is 8.50. The molecule has 0 saturated carbocycles. The second-order valence-corrected chi connectivity index (χ2v) is 6.46. The lowest BCUT2D eigenvalue weighted by Crippen LogP contribution is -2.41. The molecule has 26 heavy (non-hydrogen) atoms. The van der Waals surface area contributed by atoms with E-state index in [1.807, 2.05) is 18.7 Å². The third-order valence-electron chi connectivity index (χ3n) is 4.34. The van der Waals surface area contributed by atoms with Crippen LogP contribution < -0.4 is 5.32 Å². The molecule has 1 saturated heterocycles. The van der Waals surface area contributed by atoms with E-state index in [0.29, 0.717) is 30.8 Å². The van der Waals surface area contributed by atoms with Crippen LogP contribution in [-0.2, 0) is 4.74 Å². The van der Waals surface area contributed by atoms with E-state index in [9.17, 15) is 9.59 Å². The number of carbonyl (C=O) groups excluding carboxylic acids is 2. The van der Waals surface area contributed by atoms with Gasteiger partial charge in [0.15, 0.2) is 0 Å². The van der Waals surface area contributed by atoms with Crippen LogP contribution in [0.3, 0.4) is 0 Å².